The minimum Gasteiger partial charge on any atom is -0.398 e. The van der Waals surface area contributed by atoms with Gasteiger partial charge in [-0.3, -0.25) is 4.90 Å². The summed E-state index contributed by atoms with van der Waals surface area (Å²) in [5, 5.41) is 3.27. The Labute approximate surface area is 106 Å². The van der Waals surface area contributed by atoms with Crippen LogP contribution < -0.4 is 11.1 Å². The van der Waals surface area contributed by atoms with Crippen LogP contribution in [0.3, 0.4) is 0 Å². The summed E-state index contributed by atoms with van der Waals surface area (Å²) < 4.78 is 25.5. The summed E-state index contributed by atoms with van der Waals surface area (Å²) in [6.07, 6.45) is -2.46. The largest absolute Gasteiger partial charge is 0.398 e. The Morgan fingerprint density at radius 2 is 2.00 bits per heavy atom. The van der Waals surface area contributed by atoms with Gasteiger partial charge >= 0.3 is 0 Å². The minimum atomic E-state index is -2.46. The van der Waals surface area contributed by atoms with Crippen LogP contribution in [0.2, 0.25) is 0 Å². The first-order chi connectivity index (χ1) is 8.58. The molecule has 3 N–H and O–H groups in total. The van der Waals surface area contributed by atoms with E-state index in [-0.39, 0.29) is 5.56 Å². The molecule has 0 unspecified atom stereocenters. The molecule has 0 saturated carbocycles. The Bertz CT molecular complexity index is 415. The third-order valence-corrected chi connectivity index (χ3v) is 3.43. The molecule has 5 heteroatoms. The summed E-state index contributed by atoms with van der Waals surface area (Å²) >= 11 is 0. The molecule has 0 atom stereocenters. The quantitative estimate of drug-likeness (QED) is 0.811. The lowest BCUT2D eigenvalue weighted by Crippen LogP contribution is -2.43. The SMILES string of the molecule is Cc1c(N)cc(C(F)F)cc1CN1CCNCC1. The van der Waals surface area contributed by atoms with E-state index >= 15 is 0 Å². The van der Waals surface area contributed by atoms with Gasteiger partial charge < -0.3 is 11.1 Å². The monoisotopic (exact) mass is 255 g/mol. The van der Waals surface area contributed by atoms with Crippen molar-refractivity contribution in [2.45, 2.75) is 19.9 Å². The molecule has 0 aromatic heterocycles. The lowest BCUT2D eigenvalue weighted by atomic mass is 10.0. The minimum absolute atomic E-state index is 0.0169. The van der Waals surface area contributed by atoms with E-state index in [2.05, 4.69) is 10.2 Å². The smallest absolute Gasteiger partial charge is 0.263 e. The van der Waals surface area contributed by atoms with Crippen LogP contribution in [0.4, 0.5) is 14.5 Å². The first kappa shape index (κ1) is 13.2. The van der Waals surface area contributed by atoms with Crippen LogP contribution in [0.15, 0.2) is 12.1 Å². The number of halogens is 2. The van der Waals surface area contributed by atoms with Crippen LogP contribution in [-0.4, -0.2) is 31.1 Å². The Morgan fingerprint density at radius 3 is 2.61 bits per heavy atom. The zero-order valence-electron chi connectivity index (χ0n) is 10.5. The molecular formula is C13H19F2N3. The van der Waals surface area contributed by atoms with Crippen LogP contribution >= 0.6 is 0 Å². The van der Waals surface area contributed by atoms with Crippen LogP contribution in [0, 0.1) is 6.92 Å². The van der Waals surface area contributed by atoms with Crippen molar-refractivity contribution in [2.24, 2.45) is 0 Å². The first-order valence-electron chi connectivity index (χ1n) is 6.18. The van der Waals surface area contributed by atoms with E-state index in [0.717, 1.165) is 37.3 Å². The molecule has 1 aromatic carbocycles. The maximum absolute atomic E-state index is 12.8. The number of nitrogen functional groups attached to an aromatic ring is 1. The molecule has 0 amide bonds. The Hall–Kier alpha value is -1.20. The summed E-state index contributed by atoms with van der Waals surface area (Å²) in [6, 6.07) is 2.96. The molecule has 1 aromatic rings. The fraction of sp³-hybridized carbons (Fsp3) is 0.538. The Morgan fingerprint density at radius 1 is 1.33 bits per heavy atom. The van der Waals surface area contributed by atoms with Gasteiger partial charge in [-0.25, -0.2) is 8.78 Å². The van der Waals surface area contributed by atoms with Gasteiger partial charge in [0.1, 0.15) is 0 Å². The fourth-order valence-electron chi connectivity index (χ4n) is 2.22. The molecule has 1 aliphatic heterocycles. The lowest BCUT2D eigenvalue weighted by Gasteiger charge is -2.28. The molecule has 18 heavy (non-hydrogen) atoms. The topological polar surface area (TPSA) is 41.3 Å². The van der Waals surface area contributed by atoms with Crippen molar-refractivity contribution in [1.29, 1.82) is 0 Å². The number of anilines is 1. The average Bonchev–Trinajstić information content (AvgIpc) is 2.35. The number of piperazine rings is 1. The molecule has 1 aliphatic rings. The summed E-state index contributed by atoms with van der Waals surface area (Å²) in [4.78, 5) is 2.26. The molecule has 1 heterocycles. The van der Waals surface area contributed by atoms with E-state index in [9.17, 15) is 8.78 Å². The van der Waals surface area contributed by atoms with E-state index in [4.69, 9.17) is 5.73 Å². The molecule has 3 nitrogen and oxygen atoms in total. The summed E-state index contributed by atoms with van der Waals surface area (Å²) in [5.41, 5.74) is 8.10. The number of nitrogens with one attached hydrogen (secondary N) is 1. The predicted octanol–water partition coefficient (Wildman–Crippen LogP) is 1.92. The van der Waals surface area contributed by atoms with E-state index < -0.39 is 6.43 Å². The second kappa shape index (κ2) is 5.63. The number of rotatable bonds is 3. The highest BCUT2D eigenvalue weighted by Gasteiger charge is 2.15. The molecule has 0 radical (unpaired) electrons. The van der Waals surface area contributed by atoms with Crippen LogP contribution in [0.25, 0.3) is 0 Å². The second-order valence-corrected chi connectivity index (χ2v) is 4.72. The second-order valence-electron chi connectivity index (χ2n) is 4.72. The number of alkyl halides is 2. The van der Waals surface area contributed by atoms with Gasteiger partial charge in [0.25, 0.3) is 6.43 Å². The van der Waals surface area contributed by atoms with E-state index in [1.807, 2.05) is 6.92 Å². The molecule has 1 saturated heterocycles. The maximum atomic E-state index is 12.8. The highest BCUT2D eigenvalue weighted by atomic mass is 19.3. The maximum Gasteiger partial charge on any atom is 0.263 e. The van der Waals surface area contributed by atoms with E-state index in [0.29, 0.717) is 12.2 Å². The van der Waals surface area contributed by atoms with Gasteiger partial charge in [0, 0.05) is 44.0 Å². The average molecular weight is 255 g/mol. The van der Waals surface area contributed by atoms with E-state index in [1.165, 1.54) is 6.07 Å². The van der Waals surface area contributed by atoms with Crippen molar-refractivity contribution in [3.05, 3.63) is 28.8 Å². The molecule has 2 rings (SSSR count). The van der Waals surface area contributed by atoms with Gasteiger partial charge in [0.15, 0.2) is 0 Å². The zero-order valence-corrected chi connectivity index (χ0v) is 10.5. The lowest BCUT2D eigenvalue weighted by molar-refractivity contribution is 0.151. The van der Waals surface area contributed by atoms with Crippen molar-refractivity contribution in [2.75, 3.05) is 31.9 Å². The van der Waals surface area contributed by atoms with Gasteiger partial charge in [-0.1, -0.05) is 0 Å². The molecule has 1 fully saturated rings. The van der Waals surface area contributed by atoms with Gasteiger partial charge in [0.05, 0.1) is 0 Å². The van der Waals surface area contributed by atoms with Crippen molar-refractivity contribution in [1.82, 2.24) is 10.2 Å². The van der Waals surface area contributed by atoms with E-state index in [1.54, 1.807) is 6.07 Å². The number of benzene rings is 1. The Kier molecular flexibility index (Phi) is 4.14. The van der Waals surface area contributed by atoms with Gasteiger partial charge in [-0.15, -0.1) is 0 Å². The summed E-state index contributed by atoms with van der Waals surface area (Å²) in [6.45, 7) is 6.36. The zero-order chi connectivity index (χ0) is 13.1. The first-order valence-corrected chi connectivity index (χ1v) is 6.18. The number of hydrogen-bond donors (Lipinski definition) is 2. The third kappa shape index (κ3) is 2.97. The van der Waals surface area contributed by atoms with Gasteiger partial charge in [0.2, 0.25) is 0 Å². The highest BCUT2D eigenvalue weighted by molar-refractivity contribution is 5.53. The van der Waals surface area contributed by atoms with Crippen LogP contribution in [-0.2, 0) is 6.54 Å². The Balaban J connectivity index is 2.19. The van der Waals surface area contributed by atoms with Gasteiger partial charge in [-0.05, 0) is 30.2 Å². The normalized spacial score (nSPS) is 17.3. The summed E-state index contributed by atoms with van der Waals surface area (Å²) in [7, 11) is 0. The summed E-state index contributed by atoms with van der Waals surface area (Å²) in [5.74, 6) is 0. The van der Waals surface area contributed by atoms with Crippen molar-refractivity contribution in [3.8, 4) is 0 Å². The predicted molar refractivity (Wildman–Crippen MR) is 68.7 cm³/mol. The molecule has 100 valence electrons. The van der Waals surface area contributed by atoms with Crippen LogP contribution in [0.5, 0.6) is 0 Å². The standard InChI is InChI=1S/C13H19F2N3/c1-9-11(8-18-4-2-17-3-5-18)6-10(13(14)15)7-12(9)16/h6-7,13,17H,2-5,8,16H2,1H3. The number of nitrogens with two attached hydrogens (primary N) is 1. The third-order valence-electron chi connectivity index (χ3n) is 3.43. The number of nitrogens with zero attached hydrogens (tertiary/aromatic N) is 1. The molecular weight excluding hydrogens is 236 g/mol. The van der Waals surface area contributed by atoms with Crippen molar-refractivity contribution < 1.29 is 8.78 Å². The number of hydrogen-bond acceptors (Lipinski definition) is 3. The molecule has 0 spiro atoms. The molecule has 0 aliphatic carbocycles. The fourth-order valence-corrected chi connectivity index (χ4v) is 2.22. The highest BCUT2D eigenvalue weighted by Crippen LogP contribution is 2.27. The van der Waals surface area contributed by atoms with Gasteiger partial charge in [-0.2, -0.15) is 0 Å². The molecule has 0 bridgehead atoms. The van der Waals surface area contributed by atoms with Crippen molar-refractivity contribution >= 4 is 5.69 Å². The van der Waals surface area contributed by atoms with Crippen molar-refractivity contribution in [3.63, 3.8) is 0 Å². The van der Waals surface area contributed by atoms with Crippen LogP contribution in [0.1, 0.15) is 23.1 Å².